The Morgan fingerprint density at radius 2 is 2.00 bits per heavy atom. The third kappa shape index (κ3) is 3.92. The minimum atomic E-state index is -3.79. The molecule has 30 heavy (non-hydrogen) atoms. The lowest BCUT2D eigenvalue weighted by Gasteiger charge is -2.24. The van der Waals surface area contributed by atoms with Crippen molar-refractivity contribution in [2.75, 3.05) is 13.7 Å². The predicted octanol–water partition coefficient (Wildman–Crippen LogP) is 2.52. The predicted molar refractivity (Wildman–Crippen MR) is 110 cm³/mol. The molecule has 0 bridgehead atoms. The van der Waals surface area contributed by atoms with Gasteiger partial charge in [0.25, 0.3) is 0 Å². The molecule has 4 unspecified atom stereocenters. The number of aliphatic carboxylic acids is 1. The van der Waals surface area contributed by atoms with Crippen molar-refractivity contribution < 1.29 is 32.5 Å². The molecule has 2 aliphatic rings. The maximum Gasteiger partial charge on any atom is 0.341 e. The molecule has 10 heteroatoms. The number of carboxylic acid groups (broad SMARTS) is 1. The van der Waals surface area contributed by atoms with Gasteiger partial charge in [-0.25, -0.2) is 17.9 Å². The maximum absolute atomic E-state index is 13.0. The number of nitrogens with one attached hydrogen (secondary N) is 1. The highest BCUT2D eigenvalue weighted by Crippen LogP contribution is 2.51. The van der Waals surface area contributed by atoms with Crippen LogP contribution >= 0.6 is 15.9 Å². The van der Waals surface area contributed by atoms with Gasteiger partial charge in [-0.3, -0.25) is 0 Å². The molecule has 8 nitrogen and oxygen atoms in total. The smallest absolute Gasteiger partial charge is 0.341 e. The van der Waals surface area contributed by atoms with Gasteiger partial charge in [0, 0.05) is 29.5 Å². The quantitative estimate of drug-likeness (QED) is 0.604. The second-order valence-corrected chi connectivity index (χ2v) is 9.78. The molecule has 4 atom stereocenters. The Hall–Kier alpha value is -2.14. The van der Waals surface area contributed by atoms with Crippen molar-refractivity contribution in [3.05, 3.63) is 52.5 Å². The fourth-order valence-electron chi connectivity index (χ4n) is 4.08. The highest BCUT2D eigenvalue weighted by atomic mass is 79.9. The number of methoxy groups -OCH3 is 1. The average molecular weight is 498 g/mol. The molecule has 1 aliphatic heterocycles. The van der Waals surface area contributed by atoms with E-state index in [1.54, 1.807) is 31.4 Å². The first kappa shape index (κ1) is 21.1. The average Bonchev–Trinajstić information content (AvgIpc) is 3.23. The Balaban J connectivity index is 1.65. The molecule has 1 aliphatic carbocycles. The number of benzene rings is 2. The van der Waals surface area contributed by atoms with E-state index in [4.69, 9.17) is 19.3 Å². The van der Waals surface area contributed by atoms with Crippen molar-refractivity contribution in [3.63, 3.8) is 0 Å². The largest absolute Gasteiger partial charge is 0.485 e. The van der Waals surface area contributed by atoms with E-state index in [9.17, 15) is 13.2 Å². The summed E-state index contributed by atoms with van der Waals surface area (Å²) in [7, 11) is -2.25. The lowest BCUT2D eigenvalue weighted by Crippen LogP contribution is -2.44. The standard InChI is InChI=1S/C20H20BrNO7S/c1-27-16-9-15-18(13-3-2-4-14(20(13)29-15)28-10-17(23)24)19(16)22-30(25,26)12-7-5-11(21)6-8-12/h2-8,15-16,18-19,22H,9-10H2,1H3,(H,23,24). The topological polar surface area (TPSA) is 111 Å². The molecule has 1 fully saturated rings. The number of rotatable bonds is 7. The maximum atomic E-state index is 13.0. The molecule has 2 aromatic rings. The summed E-state index contributed by atoms with van der Waals surface area (Å²) in [6, 6.07) is 11.0. The summed E-state index contributed by atoms with van der Waals surface area (Å²) in [6.45, 7) is -0.491. The Bertz CT molecular complexity index is 1060. The first-order valence-corrected chi connectivity index (χ1v) is 11.5. The number of fused-ring (bicyclic) bond motifs is 3. The highest BCUT2D eigenvalue weighted by molar-refractivity contribution is 9.10. The van der Waals surface area contributed by atoms with Crippen LogP contribution < -0.4 is 14.2 Å². The van der Waals surface area contributed by atoms with E-state index in [0.717, 1.165) is 10.0 Å². The summed E-state index contributed by atoms with van der Waals surface area (Å²) in [5.41, 5.74) is 0.769. The van der Waals surface area contributed by atoms with E-state index in [-0.39, 0.29) is 23.0 Å². The molecule has 2 N–H and O–H groups in total. The van der Waals surface area contributed by atoms with Gasteiger partial charge in [-0.05, 0) is 30.3 Å². The summed E-state index contributed by atoms with van der Waals surface area (Å²) in [5, 5.41) is 8.88. The number of carboxylic acids is 1. The third-order valence-electron chi connectivity index (χ3n) is 5.36. The molecule has 4 rings (SSSR count). The van der Waals surface area contributed by atoms with Gasteiger partial charge >= 0.3 is 5.97 Å². The molecule has 1 heterocycles. The van der Waals surface area contributed by atoms with Crippen LogP contribution in [0.15, 0.2) is 51.8 Å². The van der Waals surface area contributed by atoms with E-state index in [0.29, 0.717) is 17.9 Å². The number of para-hydroxylation sites is 1. The van der Waals surface area contributed by atoms with Gasteiger partial charge in [-0.15, -0.1) is 0 Å². The van der Waals surface area contributed by atoms with E-state index in [1.165, 1.54) is 12.1 Å². The number of hydrogen-bond acceptors (Lipinski definition) is 6. The Labute approximate surface area is 182 Å². The van der Waals surface area contributed by atoms with Crippen LogP contribution in [0.2, 0.25) is 0 Å². The highest BCUT2D eigenvalue weighted by Gasteiger charge is 2.52. The number of halogens is 1. The van der Waals surface area contributed by atoms with Gasteiger partial charge in [0.1, 0.15) is 6.10 Å². The zero-order chi connectivity index (χ0) is 21.5. The van der Waals surface area contributed by atoms with Crippen molar-refractivity contribution in [3.8, 4) is 11.5 Å². The van der Waals surface area contributed by atoms with Crippen LogP contribution in [-0.2, 0) is 19.6 Å². The fourth-order valence-corrected chi connectivity index (χ4v) is 5.63. The number of ether oxygens (including phenoxy) is 3. The Morgan fingerprint density at radius 1 is 1.27 bits per heavy atom. The minimum Gasteiger partial charge on any atom is -0.485 e. The van der Waals surface area contributed by atoms with Gasteiger partial charge < -0.3 is 19.3 Å². The third-order valence-corrected chi connectivity index (χ3v) is 7.36. The fraction of sp³-hybridized carbons (Fsp3) is 0.350. The van der Waals surface area contributed by atoms with E-state index in [1.807, 2.05) is 6.07 Å². The molecular formula is C20H20BrNO7S. The molecule has 2 aromatic carbocycles. The molecule has 0 spiro atoms. The monoisotopic (exact) mass is 497 g/mol. The Kier molecular flexibility index (Phi) is 5.75. The van der Waals surface area contributed by atoms with Crippen LogP contribution in [0, 0.1) is 0 Å². The van der Waals surface area contributed by atoms with Gasteiger partial charge in [0.15, 0.2) is 18.1 Å². The normalized spacial score (nSPS) is 24.7. The van der Waals surface area contributed by atoms with Gasteiger partial charge in [-0.2, -0.15) is 0 Å². The molecule has 0 amide bonds. The molecule has 160 valence electrons. The van der Waals surface area contributed by atoms with Crippen molar-refractivity contribution in [1.82, 2.24) is 4.72 Å². The van der Waals surface area contributed by atoms with Gasteiger partial charge in [0.05, 0.1) is 17.0 Å². The summed E-state index contributed by atoms with van der Waals surface area (Å²) in [5.74, 6) is -0.599. The molecule has 0 aromatic heterocycles. The van der Waals surface area contributed by atoms with Gasteiger partial charge in [0.2, 0.25) is 10.0 Å². The second-order valence-electron chi connectivity index (χ2n) is 7.15. The zero-order valence-corrected chi connectivity index (χ0v) is 18.4. The lowest BCUT2D eigenvalue weighted by atomic mass is 9.94. The Morgan fingerprint density at radius 3 is 2.67 bits per heavy atom. The molecule has 1 saturated carbocycles. The van der Waals surface area contributed by atoms with Crippen molar-refractivity contribution in [2.24, 2.45) is 0 Å². The SMILES string of the molecule is COC1CC2Oc3c(OCC(=O)O)cccc3C2C1NS(=O)(=O)c1ccc(Br)cc1. The minimum absolute atomic E-state index is 0.154. The van der Waals surface area contributed by atoms with Crippen LogP contribution in [-0.4, -0.2) is 51.5 Å². The van der Waals surface area contributed by atoms with Crippen molar-refractivity contribution >= 4 is 31.9 Å². The van der Waals surface area contributed by atoms with Crippen molar-refractivity contribution in [1.29, 1.82) is 0 Å². The number of sulfonamides is 1. The van der Waals surface area contributed by atoms with E-state index in [2.05, 4.69) is 20.7 Å². The molecule has 0 saturated heterocycles. The van der Waals surface area contributed by atoms with Crippen LogP contribution in [0.4, 0.5) is 0 Å². The van der Waals surface area contributed by atoms with Crippen molar-refractivity contribution in [2.45, 2.75) is 35.5 Å². The molecular weight excluding hydrogens is 478 g/mol. The first-order chi connectivity index (χ1) is 14.3. The summed E-state index contributed by atoms with van der Waals surface area (Å²) in [4.78, 5) is 11.0. The second kappa shape index (κ2) is 8.18. The zero-order valence-electron chi connectivity index (χ0n) is 15.9. The number of carbonyl (C=O) groups is 1. The van der Waals surface area contributed by atoms with Crippen LogP contribution in [0.3, 0.4) is 0 Å². The van der Waals surface area contributed by atoms with Crippen LogP contribution in [0.25, 0.3) is 0 Å². The van der Waals surface area contributed by atoms with E-state index >= 15 is 0 Å². The lowest BCUT2D eigenvalue weighted by molar-refractivity contribution is -0.139. The van der Waals surface area contributed by atoms with Gasteiger partial charge in [-0.1, -0.05) is 28.1 Å². The summed E-state index contributed by atoms with van der Waals surface area (Å²) < 4.78 is 46.5. The first-order valence-electron chi connectivity index (χ1n) is 9.25. The van der Waals surface area contributed by atoms with Crippen LogP contribution in [0.5, 0.6) is 11.5 Å². The number of hydrogen-bond donors (Lipinski definition) is 2. The molecule has 0 radical (unpaired) electrons. The summed E-state index contributed by atoms with van der Waals surface area (Å²) in [6.07, 6.45) is -0.194. The van der Waals surface area contributed by atoms with Crippen LogP contribution in [0.1, 0.15) is 17.9 Å². The summed E-state index contributed by atoms with van der Waals surface area (Å²) >= 11 is 3.30. The van der Waals surface area contributed by atoms with E-state index < -0.39 is 28.6 Å².